The minimum absolute atomic E-state index is 0.258. The fourth-order valence-corrected chi connectivity index (χ4v) is 1.79. The topological polar surface area (TPSA) is 65.9 Å². The van der Waals surface area contributed by atoms with E-state index in [9.17, 15) is 8.76 Å². The number of aryl methyl sites for hydroxylation is 1. The van der Waals surface area contributed by atoms with E-state index in [1.807, 2.05) is 6.07 Å². The Morgan fingerprint density at radius 1 is 1.31 bits per heavy atom. The average Bonchev–Trinajstić information content (AvgIpc) is 2.29. The summed E-state index contributed by atoms with van der Waals surface area (Å²) in [4.78, 5) is 8.48. The third-order valence-corrected chi connectivity index (χ3v) is 2.74. The van der Waals surface area contributed by atoms with Crippen LogP contribution >= 0.6 is 0 Å². The normalized spacial score (nSPS) is 12.4. The van der Waals surface area contributed by atoms with Gasteiger partial charge in [-0.15, -0.1) is 0 Å². The monoisotopic (exact) mass is 233 g/mol. The van der Waals surface area contributed by atoms with Gasteiger partial charge in [0.2, 0.25) is 0 Å². The van der Waals surface area contributed by atoms with E-state index in [0.29, 0.717) is 5.82 Å². The van der Waals surface area contributed by atoms with Crippen LogP contribution in [0.4, 0.5) is 0 Å². The molecule has 0 bridgehead atoms. The van der Waals surface area contributed by atoms with Crippen LogP contribution in [-0.2, 0) is 11.1 Å². The molecule has 0 radical (unpaired) electrons. The molecular weight excluding hydrogens is 224 g/mol. The van der Waals surface area contributed by atoms with Gasteiger partial charge < -0.3 is 4.55 Å². The van der Waals surface area contributed by atoms with E-state index in [4.69, 9.17) is 0 Å². The maximum Gasteiger partial charge on any atom is 0.125 e. The molecule has 82 valence electrons. The Morgan fingerprint density at radius 3 is 2.81 bits per heavy atom. The summed E-state index contributed by atoms with van der Waals surface area (Å²) < 4.78 is 21.6. The number of hydrogen-bond acceptors (Lipinski definition) is 4. The number of aromatic nitrogens is 2. The molecule has 0 aliphatic carbocycles. The summed E-state index contributed by atoms with van der Waals surface area (Å²) in [7, 11) is 0. The summed E-state index contributed by atoms with van der Waals surface area (Å²) in [5.74, 6) is 0.658. The van der Waals surface area contributed by atoms with Crippen molar-refractivity contribution in [3.63, 3.8) is 0 Å². The Kier molecular flexibility index (Phi) is 3.07. The Labute approximate surface area is 95.7 Å². The summed E-state index contributed by atoms with van der Waals surface area (Å²) in [6, 6.07) is 8.39. The third-order valence-electron chi connectivity index (χ3n) is 2.10. The van der Waals surface area contributed by atoms with Crippen LogP contribution < -0.4 is 0 Å². The van der Waals surface area contributed by atoms with Crippen LogP contribution in [0.2, 0.25) is 0 Å². The Hall–Kier alpha value is -1.59. The quantitative estimate of drug-likeness (QED) is 0.740. The molecule has 2 aromatic rings. The van der Waals surface area contributed by atoms with Gasteiger partial charge in [0.25, 0.3) is 0 Å². The second-order valence-corrected chi connectivity index (χ2v) is 4.19. The van der Waals surface area contributed by atoms with Crippen LogP contribution in [0.5, 0.6) is 0 Å². The summed E-state index contributed by atoms with van der Waals surface area (Å²) in [5.41, 5.74) is 1.49. The molecular formula is C11H9N2O2S-. The summed E-state index contributed by atoms with van der Waals surface area (Å²) in [6.45, 7) is 1.79. The standard InChI is InChI=1S/C11H10N2O2S/c1-8-12-6-5-11(13-8)9-3-2-4-10(7-9)16(14)15/h2-7H,1H3,(H,14,15)/p-1. The molecule has 5 heteroatoms. The maximum atomic E-state index is 10.8. The Bertz CT molecular complexity index is 543. The van der Waals surface area contributed by atoms with E-state index >= 15 is 0 Å². The minimum Gasteiger partial charge on any atom is -0.768 e. The van der Waals surface area contributed by atoms with Crippen LogP contribution in [0.3, 0.4) is 0 Å². The largest absolute Gasteiger partial charge is 0.768 e. The molecule has 4 nitrogen and oxygen atoms in total. The number of rotatable bonds is 2. The first kappa shape index (κ1) is 10.9. The first-order chi connectivity index (χ1) is 7.66. The van der Waals surface area contributed by atoms with Crippen LogP contribution in [0.1, 0.15) is 5.82 Å². The molecule has 16 heavy (non-hydrogen) atoms. The summed E-state index contributed by atoms with van der Waals surface area (Å²) >= 11 is -2.21. The lowest BCUT2D eigenvalue weighted by Crippen LogP contribution is -1.92. The van der Waals surface area contributed by atoms with Gasteiger partial charge in [0.05, 0.1) is 5.69 Å². The van der Waals surface area contributed by atoms with Crippen molar-refractivity contribution in [1.29, 1.82) is 0 Å². The zero-order valence-electron chi connectivity index (χ0n) is 8.58. The van der Waals surface area contributed by atoms with Crippen molar-refractivity contribution in [1.82, 2.24) is 9.97 Å². The number of hydrogen-bond donors (Lipinski definition) is 0. The molecule has 0 spiro atoms. The Balaban J connectivity index is 2.48. The van der Waals surface area contributed by atoms with Crippen molar-refractivity contribution in [2.75, 3.05) is 0 Å². The van der Waals surface area contributed by atoms with Gasteiger partial charge in [0, 0.05) is 16.7 Å². The fourth-order valence-electron chi connectivity index (χ4n) is 1.38. The molecule has 0 amide bonds. The minimum atomic E-state index is -2.21. The lowest BCUT2D eigenvalue weighted by atomic mass is 10.1. The van der Waals surface area contributed by atoms with Crippen molar-refractivity contribution in [2.24, 2.45) is 0 Å². The van der Waals surface area contributed by atoms with Crippen LogP contribution in [0.25, 0.3) is 11.3 Å². The molecule has 2 rings (SSSR count). The second-order valence-electron chi connectivity index (χ2n) is 3.25. The summed E-state index contributed by atoms with van der Waals surface area (Å²) in [6.07, 6.45) is 1.65. The third kappa shape index (κ3) is 2.32. The van der Waals surface area contributed by atoms with Crippen LogP contribution in [-0.4, -0.2) is 18.7 Å². The van der Waals surface area contributed by atoms with E-state index in [0.717, 1.165) is 11.3 Å². The van der Waals surface area contributed by atoms with E-state index in [-0.39, 0.29) is 4.90 Å². The van der Waals surface area contributed by atoms with Crippen molar-refractivity contribution < 1.29 is 8.76 Å². The molecule has 0 saturated carbocycles. The maximum absolute atomic E-state index is 10.8. The van der Waals surface area contributed by atoms with E-state index in [1.165, 1.54) is 0 Å². The highest BCUT2D eigenvalue weighted by Crippen LogP contribution is 2.19. The molecule has 1 heterocycles. The smallest absolute Gasteiger partial charge is 0.125 e. The number of nitrogens with zero attached hydrogens (tertiary/aromatic N) is 2. The Morgan fingerprint density at radius 2 is 2.12 bits per heavy atom. The van der Waals surface area contributed by atoms with Gasteiger partial charge in [-0.1, -0.05) is 12.1 Å². The van der Waals surface area contributed by atoms with Crippen molar-refractivity contribution >= 4 is 11.1 Å². The van der Waals surface area contributed by atoms with Gasteiger partial charge in [-0.25, -0.2) is 9.97 Å². The van der Waals surface area contributed by atoms with Gasteiger partial charge in [-0.3, -0.25) is 4.21 Å². The van der Waals surface area contributed by atoms with Gasteiger partial charge >= 0.3 is 0 Å². The number of benzene rings is 1. The van der Waals surface area contributed by atoms with E-state index < -0.39 is 11.1 Å². The van der Waals surface area contributed by atoms with Gasteiger partial charge in [0.1, 0.15) is 5.82 Å². The van der Waals surface area contributed by atoms with Crippen molar-refractivity contribution in [3.8, 4) is 11.3 Å². The second kappa shape index (κ2) is 4.51. The molecule has 0 N–H and O–H groups in total. The van der Waals surface area contributed by atoms with Crippen LogP contribution in [0.15, 0.2) is 41.4 Å². The zero-order valence-corrected chi connectivity index (χ0v) is 9.40. The highest BCUT2D eigenvalue weighted by Gasteiger charge is 2.01. The molecule has 0 aliphatic heterocycles. The molecule has 0 saturated heterocycles. The first-order valence-corrected chi connectivity index (χ1v) is 5.73. The summed E-state index contributed by atoms with van der Waals surface area (Å²) in [5, 5.41) is 0. The molecule has 1 unspecified atom stereocenters. The lowest BCUT2D eigenvalue weighted by Gasteiger charge is -2.07. The van der Waals surface area contributed by atoms with E-state index in [1.54, 1.807) is 37.4 Å². The van der Waals surface area contributed by atoms with Gasteiger partial charge in [-0.05, 0) is 36.2 Å². The highest BCUT2D eigenvalue weighted by molar-refractivity contribution is 7.79. The molecule has 1 aromatic heterocycles. The zero-order chi connectivity index (χ0) is 11.5. The predicted octanol–water partition coefficient (Wildman–Crippen LogP) is 1.69. The highest BCUT2D eigenvalue weighted by atomic mass is 32.2. The molecule has 1 aromatic carbocycles. The predicted molar refractivity (Wildman–Crippen MR) is 59.4 cm³/mol. The van der Waals surface area contributed by atoms with Crippen LogP contribution in [0, 0.1) is 6.92 Å². The molecule has 0 aliphatic rings. The van der Waals surface area contributed by atoms with Gasteiger partial charge in [0.15, 0.2) is 0 Å². The molecule has 0 fully saturated rings. The first-order valence-electron chi connectivity index (χ1n) is 4.66. The van der Waals surface area contributed by atoms with Gasteiger partial charge in [-0.2, -0.15) is 0 Å². The van der Waals surface area contributed by atoms with Crippen molar-refractivity contribution in [3.05, 3.63) is 42.4 Å². The molecule has 1 atom stereocenters. The van der Waals surface area contributed by atoms with E-state index in [2.05, 4.69) is 9.97 Å². The average molecular weight is 233 g/mol. The van der Waals surface area contributed by atoms with Crippen molar-refractivity contribution in [2.45, 2.75) is 11.8 Å². The lowest BCUT2D eigenvalue weighted by molar-refractivity contribution is 0.537. The fraction of sp³-hybridized carbons (Fsp3) is 0.0909. The SMILES string of the molecule is Cc1nccc(-c2cccc(S(=O)[O-])c2)n1.